The van der Waals surface area contributed by atoms with Crippen LogP contribution in [0.1, 0.15) is 13.8 Å². The van der Waals surface area contributed by atoms with Crippen molar-refractivity contribution in [2.24, 2.45) is 0 Å². The van der Waals surface area contributed by atoms with E-state index in [-0.39, 0.29) is 48.9 Å². The van der Waals surface area contributed by atoms with Gasteiger partial charge in [-0.05, 0) is 0 Å². The van der Waals surface area contributed by atoms with Crippen molar-refractivity contribution in [2.45, 2.75) is 13.8 Å². The maximum absolute atomic E-state index is 10.5. The number of hydrogen-bond donors (Lipinski definition) is 1. The van der Waals surface area contributed by atoms with Crippen molar-refractivity contribution in [3.8, 4) is 0 Å². The van der Waals surface area contributed by atoms with Crippen LogP contribution >= 0.6 is 7.37 Å². The van der Waals surface area contributed by atoms with Crippen LogP contribution in [0.15, 0.2) is 0 Å². The molecule has 0 atom stereocenters. The van der Waals surface area contributed by atoms with Gasteiger partial charge in [0.1, 0.15) is 0 Å². The summed E-state index contributed by atoms with van der Waals surface area (Å²) in [5.74, 6) is 0. The predicted molar refractivity (Wildman–Crippen MR) is 39.5 cm³/mol. The van der Waals surface area contributed by atoms with E-state index in [2.05, 4.69) is 0 Å². The molecule has 0 unspecified atom stereocenters. The van der Waals surface area contributed by atoms with Crippen molar-refractivity contribution < 1.29 is 9.46 Å². The minimum atomic E-state index is -2.65. The molecule has 0 aliphatic heterocycles. The molecule has 0 saturated heterocycles. The third-order valence-electron chi connectivity index (χ3n) is 0.988. The molecule has 0 fully saturated rings. The minimum absolute atomic E-state index is 0. The van der Waals surface area contributed by atoms with Crippen LogP contribution in [0, 0.1) is 0 Å². The average Bonchev–Trinajstić information content (AvgIpc) is 1.68. The SMILES string of the molecule is CCP(=O)(O)CC.[BaH2]. The molecule has 0 aliphatic carbocycles. The Labute approximate surface area is 90.6 Å². The van der Waals surface area contributed by atoms with Crippen LogP contribution in [0.2, 0.25) is 0 Å². The number of hydrogen-bond acceptors (Lipinski definition) is 1. The molecule has 4 heteroatoms. The van der Waals surface area contributed by atoms with Crippen molar-refractivity contribution in [3.05, 3.63) is 0 Å². The van der Waals surface area contributed by atoms with E-state index >= 15 is 0 Å². The maximum atomic E-state index is 10.5. The zero-order valence-electron chi connectivity index (χ0n) is 4.72. The zero-order valence-corrected chi connectivity index (χ0v) is 5.61. The first-order valence-electron chi connectivity index (χ1n) is 2.43. The van der Waals surface area contributed by atoms with E-state index in [1.807, 2.05) is 0 Å². The zero-order chi connectivity index (χ0) is 5.91. The Morgan fingerprint density at radius 1 is 1.38 bits per heavy atom. The van der Waals surface area contributed by atoms with Crippen molar-refractivity contribution in [3.63, 3.8) is 0 Å². The van der Waals surface area contributed by atoms with Crippen LogP contribution in [0.5, 0.6) is 0 Å². The molecule has 0 aromatic heterocycles. The summed E-state index contributed by atoms with van der Waals surface area (Å²) in [7, 11) is -2.65. The molecule has 0 aliphatic rings. The van der Waals surface area contributed by atoms with E-state index in [9.17, 15) is 4.57 Å². The molecular weight excluding hydrogens is 248 g/mol. The molecule has 0 bridgehead atoms. The van der Waals surface area contributed by atoms with E-state index < -0.39 is 7.37 Å². The molecule has 0 amide bonds. The van der Waals surface area contributed by atoms with Gasteiger partial charge in [-0.15, -0.1) is 0 Å². The van der Waals surface area contributed by atoms with Crippen LogP contribution < -0.4 is 0 Å². The summed E-state index contributed by atoms with van der Waals surface area (Å²) < 4.78 is 10.5. The third-order valence-corrected chi connectivity index (χ3v) is 2.96. The summed E-state index contributed by atoms with van der Waals surface area (Å²) >= 11 is 0. The monoisotopic (exact) mass is 262 g/mol. The van der Waals surface area contributed by atoms with E-state index in [4.69, 9.17) is 4.89 Å². The second-order valence-electron chi connectivity index (χ2n) is 1.48. The van der Waals surface area contributed by atoms with Gasteiger partial charge < -0.3 is 4.89 Å². The van der Waals surface area contributed by atoms with Crippen LogP contribution in [0.4, 0.5) is 0 Å². The Kier molecular flexibility index (Phi) is 8.61. The second kappa shape index (κ2) is 5.54. The fourth-order valence-corrected chi connectivity index (χ4v) is 0.671. The summed E-state index contributed by atoms with van der Waals surface area (Å²) in [6, 6.07) is 0. The molecule has 1 N–H and O–H groups in total. The molecule has 0 radical (unpaired) electrons. The third kappa shape index (κ3) is 5.89. The molecular formula is C4H13BaO2P. The number of rotatable bonds is 2. The van der Waals surface area contributed by atoms with Crippen LogP contribution in [0.3, 0.4) is 0 Å². The van der Waals surface area contributed by atoms with Gasteiger partial charge in [-0.3, -0.25) is 4.57 Å². The molecule has 48 valence electrons. The van der Waals surface area contributed by atoms with Crippen LogP contribution in [0.25, 0.3) is 0 Å². The molecule has 0 rings (SSSR count). The fraction of sp³-hybridized carbons (Fsp3) is 1.00. The normalized spacial score (nSPS) is 10.4. The van der Waals surface area contributed by atoms with Gasteiger partial charge in [0.15, 0.2) is 7.37 Å². The average molecular weight is 261 g/mol. The Bertz CT molecular complexity index is 86.0. The van der Waals surface area contributed by atoms with E-state index in [1.165, 1.54) is 0 Å². The summed E-state index contributed by atoms with van der Waals surface area (Å²) in [4.78, 5) is 8.69. The summed E-state index contributed by atoms with van der Waals surface area (Å²) in [6.07, 6.45) is 0.812. The quantitative estimate of drug-likeness (QED) is 0.576. The summed E-state index contributed by atoms with van der Waals surface area (Å²) in [5.41, 5.74) is 0. The van der Waals surface area contributed by atoms with Crippen molar-refractivity contribution in [2.75, 3.05) is 12.3 Å². The Hall–Kier alpha value is 1.76. The summed E-state index contributed by atoms with van der Waals surface area (Å²) in [6.45, 7) is 3.45. The van der Waals surface area contributed by atoms with Gasteiger partial charge in [-0.2, -0.15) is 0 Å². The van der Waals surface area contributed by atoms with Crippen molar-refractivity contribution in [1.29, 1.82) is 0 Å². The Morgan fingerprint density at radius 2 is 1.62 bits per heavy atom. The first-order valence-corrected chi connectivity index (χ1v) is 4.46. The van der Waals surface area contributed by atoms with Crippen LogP contribution in [-0.4, -0.2) is 66.1 Å². The van der Waals surface area contributed by atoms with Gasteiger partial charge >= 0.3 is 48.9 Å². The Morgan fingerprint density at radius 3 is 1.62 bits per heavy atom. The van der Waals surface area contributed by atoms with Gasteiger partial charge in [0.05, 0.1) is 0 Å². The molecule has 0 saturated carbocycles. The Balaban J connectivity index is 0. The van der Waals surface area contributed by atoms with Gasteiger partial charge in [0.2, 0.25) is 0 Å². The van der Waals surface area contributed by atoms with Gasteiger partial charge in [0, 0.05) is 12.3 Å². The summed E-state index contributed by atoms with van der Waals surface area (Å²) in [5, 5.41) is 0. The van der Waals surface area contributed by atoms with Gasteiger partial charge in [-0.1, -0.05) is 13.8 Å². The first-order chi connectivity index (χ1) is 3.12. The predicted octanol–water partition coefficient (Wildman–Crippen LogP) is 0.380. The first kappa shape index (κ1) is 12.4. The second-order valence-corrected chi connectivity index (χ2v) is 4.44. The topological polar surface area (TPSA) is 37.3 Å². The van der Waals surface area contributed by atoms with Crippen molar-refractivity contribution >= 4 is 56.2 Å². The fourth-order valence-electron chi connectivity index (χ4n) is 0.224. The molecule has 0 heterocycles. The van der Waals surface area contributed by atoms with Gasteiger partial charge in [-0.25, -0.2) is 0 Å². The van der Waals surface area contributed by atoms with Crippen molar-refractivity contribution in [1.82, 2.24) is 0 Å². The molecule has 0 spiro atoms. The van der Waals surface area contributed by atoms with E-state index in [1.54, 1.807) is 13.8 Å². The van der Waals surface area contributed by atoms with E-state index in [0.29, 0.717) is 12.3 Å². The molecule has 8 heavy (non-hydrogen) atoms. The standard InChI is InChI=1S/C4H11O2P.Ba.2H/c1-3-7(5,6)4-2;;;/h3-4H2,1-2H3,(H,5,6);;;. The van der Waals surface area contributed by atoms with Crippen LogP contribution in [-0.2, 0) is 4.57 Å². The van der Waals surface area contributed by atoms with Gasteiger partial charge in [0.25, 0.3) is 0 Å². The molecule has 0 aromatic carbocycles. The molecule has 2 nitrogen and oxygen atoms in total. The van der Waals surface area contributed by atoms with E-state index in [0.717, 1.165) is 0 Å². The molecule has 0 aromatic rings.